The van der Waals surface area contributed by atoms with E-state index in [0.29, 0.717) is 13.0 Å². The number of esters is 1. The van der Waals surface area contributed by atoms with Crippen molar-refractivity contribution in [1.82, 2.24) is 0 Å². The van der Waals surface area contributed by atoms with Gasteiger partial charge in [0.2, 0.25) is 0 Å². The lowest BCUT2D eigenvalue weighted by Crippen LogP contribution is -2.40. The normalized spacial score (nSPS) is 11.6. The van der Waals surface area contributed by atoms with E-state index >= 15 is 0 Å². The summed E-state index contributed by atoms with van der Waals surface area (Å²) in [5, 5.41) is 0. The molecule has 0 aliphatic rings. The third-order valence-corrected chi connectivity index (χ3v) is 5.57. The van der Waals surface area contributed by atoms with Crippen LogP contribution in [-0.4, -0.2) is 42.7 Å². The summed E-state index contributed by atoms with van der Waals surface area (Å²) in [6, 6.07) is 0. The second kappa shape index (κ2) is 12.3. The summed E-state index contributed by atoms with van der Waals surface area (Å²) in [7, 11) is 2.35. The summed E-state index contributed by atoms with van der Waals surface area (Å²) < 4.78 is 20.7. The van der Waals surface area contributed by atoms with Gasteiger partial charge in [-0.3, -0.25) is 4.79 Å². The predicted octanol–water partition coefficient (Wildman–Crippen LogP) is 3.16. The van der Waals surface area contributed by atoms with E-state index < -0.39 is 8.80 Å². The Morgan fingerprint density at radius 3 is 1.85 bits per heavy atom. The SMILES string of the molecule is COC(=O)CCCCCCCCCO[Si](C)(OC)OC. The molecule has 20 heavy (non-hydrogen) atoms. The fraction of sp³-hybridized carbons (Fsp3) is 0.929. The van der Waals surface area contributed by atoms with Crippen LogP contribution in [0.3, 0.4) is 0 Å². The lowest BCUT2D eigenvalue weighted by molar-refractivity contribution is -0.140. The Bertz CT molecular complexity index is 244. The average Bonchev–Trinajstić information content (AvgIpc) is 2.48. The predicted molar refractivity (Wildman–Crippen MR) is 80.5 cm³/mol. The molecule has 0 aliphatic carbocycles. The topological polar surface area (TPSA) is 54.0 Å². The van der Waals surface area contributed by atoms with Crippen LogP contribution in [0.2, 0.25) is 6.55 Å². The Balaban J connectivity index is 3.27. The van der Waals surface area contributed by atoms with Gasteiger partial charge in [-0.05, 0) is 12.8 Å². The highest BCUT2D eigenvalue weighted by atomic mass is 28.4. The van der Waals surface area contributed by atoms with Crippen LogP contribution >= 0.6 is 0 Å². The van der Waals surface area contributed by atoms with Crippen molar-refractivity contribution in [3.63, 3.8) is 0 Å². The number of methoxy groups -OCH3 is 1. The smallest absolute Gasteiger partial charge is 0.469 e. The van der Waals surface area contributed by atoms with Gasteiger partial charge in [0.05, 0.1) is 7.11 Å². The van der Waals surface area contributed by atoms with E-state index in [9.17, 15) is 4.79 Å². The standard InChI is InChI=1S/C14H30O5Si/c1-16-14(15)12-10-8-6-5-7-9-11-13-19-20(4,17-2)18-3/h5-13H2,1-4H3. The van der Waals surface area contributed by atoms with E-state index in [2.05, 4.69) is 4.74 Å². The summed E-state index contributed by atoms with van der Waals surface area (Å²) in [5.41, 5.74) is 0. The highest BCUT2D eigenvalue weighted by Gasteiger charge is 2.31. The first kappa shape index (κ1) is 19.6. The second-order valence-corrected chi connectivity index (χ2v) is 7.75. The first-order valence-electron chi connectivity index (χ1n) is 7.39. The van der Waals surface area contributed by atoms with Crippen molar-refractivity contribution < 1.29 is 22.8 Å². The van der Waals surface area contributed by atoms with Gasteiger partial charge >= 0.3 is 14.8 Å². The number of hydrogen-bond acceptors (Lipinski definition) is 5. The van der Waals surface area contributed by atoms with Gasteiger partial charge in [-0.2, -0.15) is 0 Å². The molecule has 0 fully saturated rings. The van der Waals surface area contributed by atoms with Crippen molar-refractivity contribution in [2.24, 2.45) is 0 Å². The van der Waals surface area contributed by atoms with E-state index in [-0.39, 0.29) is 5.97 Å². The fourth-order valence-electron chi connectivity index (χ4n) is 1.82. The number of carbonyl (C=O) groups excluding carboxylic acids is 1. The zero-order chi connectivity index (χ0) is 15.3. The zero-order valence-electron chi connectivity index (χ0n) is 13.4. The lowest BCUT2D eigenvalue weighted by atomic mass is 10.1. The van der Waals surface area contributed by atoms with Gasteiger partial charge in [-0.25, -0.2) is 0 Å². The summed E-state index contributed by atoms with van der Waals surface area (Å²) in [4.78, 5) is 10.9. The quantitative estimate of drug-likeness (QED) is 0.297. The van der Waals surface area contributed by atoms with Gasteiger partial charge in [-0.15, -0.1) is 0 Å². The number of ether oxygens (including phenoxy) is 1. The molecule has 0 rings (SSSR count). The van der Waals surface area contributed by atoms with Crippen molar-refractivity contribution in [1.29, 1.82) is 0 Å². The molecular weight excluding hydrogens is 276 g/mol. The zero-order valence-corrected chi connectivity index (χ0v) is 14.4. The largest absolute Gasteiger partial charge is 0.497 e. The Kier molecular flexibility index (Phi) is 12.1. The van der Waals surface area contributed by atoms with Crippen molar-refractivity contribution in [3.8, 4) is 0 Å². The molecule has 0 aromatic rings. The van der Waals surface area contributed by atoms with Crippen LogP contribution in [0.1, 0.15) is 51.4 Å². The van der Waals surface area contributed by atoms with E-state index in [1.807, 2.05) is 6.55 Å². The van der Waals surface area contributed by atoms with Crippen LogP contribution in [0.25, 0.3) is 0 Å². The molecule has 0 spiro atoms. The number of hydrogen-bond donors (Lipinski definition) is 0. The maximum Gasteiger partial charge on any atom is 0.497 e. The maximum atomic E-state index is 10.9. The summed E-state index contributed by atoms with van der Waals surface area (Å²) in [6.07, 6.45) is 8.38. The van der Waals surface area contributed by atoms with Crippen LogP contribution in [0, 0.1) is 0 Å². The van der Waals surface area contributed by atoms with Gasteiger partial charge in [0.1, 0.15) is 0 Å². The van der Waals surface area contributed by atoms with Crippen LogP contribution < -0.4 is 0 Å². The summed E-state index contributed by atoms with van der Waals surface area (Å²) in [6.45, 7) is 2.60. The van der Waals surface area contributed by atoms with Crippen molar-refractivity contribution in [2.45, 2.75) is 57.9 Å². The molecule has 0 heterocycles. The Labute approximate surface area is 124 Å². The molecule has 0 aromatic heterocycles. The van der Waals surface area contributed by atoms with E-state index in [4.69, 9.17) is 13.3 Å². The minimum absolute atomic E-state index is 0.106. The Morgan fingerprint density at radius 2 is 1.35 bits per heavy atom. The van der Waals surface area contributed by atoms with Gasteiger partial charge in [0.25, 0.3) is 0 Å². The monoisotopic (exact) mass is 306 g/mol. The molecule has 5 nitrogen and oxygen atoms in total. The minimum Gasteiger partial charge on any atom is -0.469 e. The molecule has 0 aliphatic heterocycles. The highest BCUT2D eigenvalue weighted by Crippen LogP contribution is 2.11. The van der Waals surface area contributed by atoms with Crippen LogP contribution in [-0.2, 0) is 22.8 Å². The molecule has 0 saturated heterocycles. The molecule has 0 amide bonds. The molecule has 120 valence electrons. The molecule has 0 N–H and O–H groups in total. The van der Waals surface area contributed by atoms with Crippen molar-refractivity contribution in [3.05, 3.63) is 0 Å². The van der Waals surface area contributed by atoms with Crippen molar-refractivity contribution in [2.75, 3.05) is 27.9 Å². The molecule has 0 atom stereocenters. The third-order valence-electron chi connectivity index (χ3n) is 3.36. The molecule has 0 unspecified atom stereocenters. The number of unbranched alkanes of at least 4 members (excludes halogenated alkanes) is 6. The van der Waals surface area contributed by atoms with Gasteiger partial charge in [0, 0.05) is 33.8 Å². The average molecular weight is 306 g/mol. The first-order chi connectivity index (χ1) is 9.58. The summed E-state index contributed by atoms with van der Waals surface area (Å²) in [5.74, 6) is -0.106. The van der Waals surface area contributed by atoms with Gasteiger partial charge < -0.3 is 18.0 Å². The van der Waals surface area contributed by atoms with Crippen molar-refractivity contribution >= 4 is 14.8 Å². The summed E-state index contributed by atoms with van der Waals surface area (Å²) >= 11 is 0. The van der Waals surface area contributed by atoms with Crippen LogP contribution in [0.15, 0.2) is 0 Å². The van der Waals surface area contributed by atoms with Crippen LogP contribution in [0.4, 0.5) is 0 Å². The highest BCUT2D eigenvalue weighted by molar-refractivity contribution is 6.59. The Hall–Kier alpha value is -0.433. The molecule has 0 radical (unpaired) electrons. The molecule has 0 aromatic carbocycles. The molecule has 0 saturated carbocycles. The van der Waals surface area contributed by atoms with Gasteiger partial charge in [0.15, 0.2) is 0 Å². The second-order valence-electron chi connectivity index (χ2n) is 4.92. The first-order valence-corrected chi connectivity index (χ1v) is 9.61. The number of rotatable bonds is 13. The molecule has 0 bridgehead atoms. The third kappa shape index (κ3) is 10.4. The van der Waals surface area contributed by atoms with E-state index in [1.54, 1.807) is 14.2 Å². The minimum atomic E-state index is -2.34. The lowest BCUT2D eigenvalue weighted by Gasteiger charge is -2.21. The van der Waals surface area contributed by atoms with Gasteiger partial charge in [-0.1, -0.05) is 32.1 Å². The van der Waals surface area contributed by atoms with E-state index in [0.717, 1.165) is 25.7 Å². The van der Waals surface area contributed by atoms with E-state index in [1.165, 1.54) is 26.4 Å². The maximum absolute atomic E-state index is 10.9. The Morgan fingerprint density at radius 1 is 0.850 bits per heavy atom. The van der Waals surface area contributed by atoms with Crippen LogP contribution in [0.5, 0.6) is 0 Å². The fourth-order valence-corrected chi connectivity index (χ4v) is 2.73. The molecular formula is C14H30O5Si. The molecule has 6 heteroatoms. The number of carbonyl (C=O) groups is 1.